The summed E-state index contributed by atoms with van der Waals surface area (Å²) in [5.74, 6) is 0.852. The van der Waals surface area contributed by atoms with Crippen molar-refractivity contribution in [1.82, 2.24) is 14.5 Å². The fourth-order valence-corrected chi connectivity index (χ4v) is 4.13. The minimum atomic E-state index is -0.483. The Morgan fingerprint density at radius 1 is 0.917 bits per heavy atom. The maximum absolute atomic E-state index is 13.6. The molecule has 0 fully saturated rings. The van der Waals surface area contributed by atoms with E-state index in [4.69, 9.17) is 9.15 Å². The van der Waals surface area contributed by atoms with Crippen molar-refractivity contribution < 1.29 is 13.9 Å². The third kappa shape index (κ3) is 4.32. The third-order valence-corrected chi connectivity index (χ3v) is 5.94. The van der Waals surface area contributed by atoms with Gasteiger partial charge in [0.2, 0.25) is 0 Å². The molecule has 5 rings (SSSR count). The first-order chi connectivity index (χ1) is 17.6. The number of aromatic nitrogens is 2. The average Bonchev–Trinajstić information content (AvgIpc) is 3.44. The molecule has 36 heavy (non-hydrogen) atoms. The molecule has 0 spiro atoms. The van der Waals surface area contributed by atoms with Gasteiger partial charge in [0.25, 0.3) is 11.5 Å². The standard InChI is InChI=1S/C28H23N3O5/c1-35-25-11-5-4-10-24(25)31-27(33)22-8-2-3-9-23(22)30(28(31)34)18-19-12-14-20(15-13-19)26(32)29-17-21-7-6-16-36-21/h2-16H,17-18H2,1H3,(H,29,32). The van der Waals surface area contributed by atoms with Crippen molar-refractivity contribution in [3.8, 4) is 11.4 Å². The Bertz CT molecular complexity index is 1650. The largest absolute Gasteiger partial charge is 0.495 e. The summed E-state index contributed by atoms with van der Waals surface area (Å²) >= 11 is 0. The number of carbonyl (C=O) groups is 1. The van der Waals surface area contributed by atoms with E-state index < -0.39 is 11.2 Å². The second-order valence-corrected chi connectivity index (χ2v) is 8.16. The number of carbonyl (C=O) groups excluding carboxylic acids is 1. The lowest BCUT2D eigenvalue weighted by Crippen LogP contribution is -2.39. The summed E-state index contributed by atoms with van der Waals surface area (Å²) in [6, 6.07) is 24.5. The van der Waals surface area contributed by atoms with Crippen molar-refractivity contribution in [2.45, 2.75) is 13.1 Å². The van der Waals surface area contributed by atoms with Gasteiger partial charge in [-0.3, -0.25) is 14.2 Å². The molecule has 2 heterocycles. The number of nitrogens with zero attached hydrogens (tertiary/aromatic N) is 2. The number of benzene rings is 3. The van der Waals surface area contributed by atoms with Crippen LogP contribution in [0.25, 0.3) is 16.6 Å². The SMILES string of the molecule is COc1ccccc1-n1c(=O)c2ccccc2n(Cc2ccc(C(=O)NCc3ccco3)cc2)c1=O. The predicted molar refractivity (Wildman–Crippen MR) is 136 cm³/mol. The summed E-state index contributed by atoms with van der Waals surface area (Å²) in [5.41, 5.74) is 1.29. The molecule has 0 saturated heterocycles. The van der Waals surface area contributed by atoms with E-state index in [1.54, 1.807) is 95.8 Å². The molecule has 0 aliphatic rings. The van der Waals surface area contributed by atoms with Crippen LogP contribution in [0.5, 0.6) is 5.75 Å². The van der Waals surface area contributed by atoms with E-state index in [1.807, 2.05) is 0 Å². The van der Waals surface area contributed by atoms with Crippen LogP contribution in [0.2, 0.25) is 0 Å². The summed E-state index contributed by atoms with van der Waals surface area (Å²) in [7, 11) is 1.50. The monoisotopic (exact) mass is 481 g/mol. The topological polar surface area (TPSA) is 95.5 Å². The van der Waals surface area contributed by atoms with Gasteiger partial charge in [0.1, 0.15) is 11.5 Å². The zero-order valence-electron chi connectivity index (χ0n) is 19.5. The maximum atomic E-state index is 13.6. The molecule has 0 atom stereocenters. The van der Waals surface area contributed by atoms with Crippen molar-refractivity contribution in [1.29, 1.82) is 0 Å². The Kier molecular flexibility index (Phi) is 6.23. The van der Waals surface area contributed by atoms with Crippen LogP contribution in [0.15, 0.2) is 105 Å². The summed E-state index contributed by atoms with van der Waals surface area (Å²) in [6.45, 7) is 0.503. The summed E-state index contributed by atoms with van der Waals surface area (Å²) in [5, 5.41) is 3.22. The molecule has 1 N–H and O–H groups in total. The van der Waals surface area contributed by atoms with E-state index >= 15 is 0 Å². The van der Waals surface area contributed by atoms with Gasteiger partial charge in [0, 0.05) is 5.56 Å². The lowest BCUT2D eigenvalue weighted by atomic mass is 10.1. The van der Waals surface area contributed by atoms with Crippen LogP contribution in [0.4, 0.5) is 0 Å². The smallest absolute Gasteiger partial charge is 0.336 e. The van der Waals surface area contributed by atoms with Crippen molar-refractivity contribution in [2.75, 3.05) is 7.11 Å². The van der Waals surface area contributed by atoms with Gasteiger partial charge in [0.15, 0.2) is 0 Å². The van der Waals surface area contributed by atoms with Crippen molar-refractivity contribution in [3.05, 3.63) is 129 Å². The Morgan fingerprint density at radius 3 is 2.42 bits per heavy atom. The van der Waals surface area contributed by atoms with Crippen LogP contribution in [0.1, 0.15) is 21.7 Å². The van der Waals surface area contributed by atoms with Gasteiger partial charge in [-0.15, -0.1) is 0 Å². The first kappa shape index (κ1) is 22.9. The van der Waals surface area contributed by atoms with E-state index in [1.165, 1.54) is 7.11 Å². The second-order valence-electron chi connectivity index (χ2n) is 8.16. The molecule has 3 aromatic carbocycles. The molecule has 0 aliphatic carbocycles. The quantitative estimate of drug-likeness (QED) is 0.382. The number of nitrogens with one attached hydrogen (secondary N) is 1. The molecular formula is C28H23N3O5. The minimum absolute atomic E-state index is 0.211. The highest BCUT2D eigenvalue weighted by molar-refractivity contribution is 5.94. The number of rotatable bonds is 7. The highest BCUT2D eigenvalue weighted by Gasteiger charge is 2.17. The third-order valence-electron chi connectivity index (χ3n) is 5.94. The molecule has 180 valence electrons. The number of hydrogen-bond acceptors (Lipinski definition) is 5. The number of furan rings is 1. The molecule has 0 aliphatic heterocycles. The number of hydrogen-bond donors (Lipinski definition) is 1. The summed E-state index contributed by atoms with van der Waals surface area (Å²) < 4.78 is 13.3. The van der Waals surface area contributed by atoms with Crippen LogP contribution in [0, 0.1) is 0 Å². The number of para-hydroxylation sites is 3. The number of amides is 1. The van der Waals surface area contributed by atoms with Gasteiger partial charge in [-0.2, -0.15) is 0 Å². The summed E-state index contributed by atoms with van der Waals surface area (Å²) in [4.78, 5) is 39.5. The van der Waals surface area contributed by atoms with Gasteiger partial charge in [0.05, 0.1) is 43.1 Å². The zero-order valence-corrected chi connectivity index (χ0v) is 19.5. The van der Waals surface area contributed by atoms with E-state index in [0.29, 0.717) is 40.2 Å². The maximum Gasteiger partial charge on any atom is 0.336 e. The minimum Gasteiger partial charge on any atom is -0.495 e. The van der Waals surface area contributed by atoms with E-state index in [9.17, 15) is 14.4 Å². The van der Waals surface area contributed by atoms with Crippen molar-refractivity contribution in [2.24, 2.45) is 0 Å². The highest BCUT2D eigenvalue weighted by atomic mass is 16.5. The highest BCUT2D eigenvalue weighted by Crippen LogP contribution is 2.20. The van der Waals surface area contributed by atoms with Gasteiger partial charge >= 0.3 is 5.69 Å². The molecule has 1 amide bonds. The Morgan fingerprint density at radius 2 is 1.67 bits per heavy atom. The van der Waals surface area contributed by atoms with Gasteiger partial charge in [-0.05, 0) is 54.1 Å². The second kappa shape index (κ2) is 9.79. The van der Waals surface area contributed by atoms with E-state index in [0.717, 1.165) is 10.1 Å². The molecule has 0 saturated carbocycles. The first-order valence-corrected chi connectivity index (χ1v) is 11.3. The first-order valence-electron chi connectivity index (χ1n) is 11.3. The van der Waals surface area contributed by atoms with Crippen LogP contribution in [-0.4, -0.2) is 22.2 Å². The van der Waals surface area contributed by atoms with Crippen LogP contribution >= 0.6 is 0 Å². The van der Waals surface area contributed by atoms with Gasteiger partial charge in [-0.1, -0.05) is 36.4 Å². The van der Waals surface area contributed by atoms with Gasteiger partial charge in [-0.25, -0.2) is 9.36 Å². The molecule has 0 unspecified atom stereocenters. The normalized spacial score (nSPS) is 10.9. The lowest BCUT2D eigenvalue weighted by molar-refractivity contribution is 0.0948. The average molecular weight is 482 g/mol. The number of methoxy groups -OCH3 is 1. The fraction of sp³-hybridized carbons (Fsp3) is 0.107. The Hall–Kier alpha value is -4.85. The van der Waals surface area contributed by atoms with E-state index in [2.05, 4.69) is 5.32 Å². The molecule has 5 aromatic rings. The van der Waals surface area contributed by atoms with Crippen LogP contribution in [-0.2, 0) is 13.1 Å². The van der Waals surface area contributed by atoms with Crippen LogP contribution < -0.4 is 21.3 Å². The predicted octanol–water partition coefficient (Wildman–Crippen LogP) is 3.73. The lowest BCUT2D eigenvalue weighted by Gasteiger charge is -2.16. The molecular weight excluding hydrogens is 458 g/mol. The molecule has 0 radical (unpaired) electrons. The zero-order chi connectivity index (χ0) is 25.1. The molecule has 0 bridgehead atoms. The Balaban J connectivity index is 1.51. The van der Waals surface area contributed by atoms with Crippen molar-refractivity contribution in [3.63, 3.8) is 0 Å². The molecule has 2 aromatic heterocycles. The summed E-state index contributed by atoms with van der Waals surface area (Å²) in [6.07, 6.45) is 1.55. The molecule has 8 nitrogen and oxygen atoms in total. The number of fused-ring (bicyclic) bond motifs is 1. The van der Waals surface area contributed by atoms with Gasteiger partial charge < -0.3 is 14.5 Å². The van der Waals surface area contributed by atoms with E-state index in [-0.39, 0.29) is 12.5 Å². The molecule has 8 heteroatoms. The van der Waals surface area contributed by atoms with Crippen LogP contribution in [0.3, 0.4) is 0 Å². The van der Waals surface area contributed by atoms with Crippen molar-refractivity contribution >= 4 is 16.8 Å². The number of ether oxygens (including phenoxy) is 1. The fourth-order valence-electron chi connectivity index (χ4n) is 4.13. The Labute approximate surface area is 206 Å².